The number of thiazole rings is 1. The molecule has 0 unspecified atom stereocenters. The number of nitrogens with zero attached hydrogens (tertiary/aromatic N) is 6. The summed E-state index contributed by atoms with van der Waals surface area (Å²) in [6.45, 7) is 6.94. The Labute approximate surface area is 262 Å². The monoisotopic (exact) mass is 650 g/mol. The molecule has 2 N–H and O–H groups in total. The minimum atomic E-state index is -4.59. The number of benzene rings is 1. The number of hydrogen-bond donors (Lipinski definition) is 2. The van der Waals surface area contributed by atoms with Crippen molar-refractivity contribution in [2.45, 2.75) is 24.7 Å². The highest BCUT2D eigenvalue weighted by molar-refractivity contribution is 7.92. The number of anilines is 4. The molecule has 0 atom stereocenters. The van der Waals surface area contributed by atoms with E-state index in [0.29, 0.717) is 46.7 Å². The fourth-order valence-electron chi connectivity index (χ4n) is 4.64. The topological polar surface area (TPSA) is 135 Å². The molecule has 1 aliphatic rings. The molecule has 15 heteroatoms. The summed E-state index contributed by atoms with van der Waals surface area (Å²) in [5.74, 6) is -1.09. The first-order valence-corrected chi connectivity index (χ1v) is 16.3. The van der Waals surface area contributed by atoms with Gasteiger partial charge in [-0.2, -0.15) is 0 Å². The lowest BCUT2D eigenvalue weighted by atomic mass is 10.1. The van der Waals surface area contributed by atoms with Crippen LogP contribution in [0.3, 0.4) is 0 Å². The van der Waals surface area contributed by atoms with Crippen LogP contribution >= 0.6 is 11.3 Å². The zero-order valence-corrected chi connectivity index (χ0v) is 25.9. The molecule has 1 fully saturated rings. The van der Waals surface area contributed by atoms with Crippen LogP contribution in [0, 0.1) is 11.6 Å². The van der Waals surface area contributed by atoms with Gasteiger partial charge in [-0.15, -0.1) is 11.3 Å². The number of nitrogens with one attached hydrogen (secondary N) is 2. The van der Waals surface area contributed by atoms with E-state index in [9.17, 15) is 17.2 Å². The number of sulfonamides is 1. The SMILES string of the molecule is CC(C)c1nc(-c2cncc(NS(=O)(=O)c3c(F)cccc3F)c2)c(-c2ccnc(Nc3ccc(N4CCOCC4)nc3)n2)s1. The van der Waals surface area contributed by atoms with Crippen LogP contribution in [-0.4, -0.2) is 59.6 Å². The second kappa shape index (κ2) is 12.8. The highest BCUT2D eigenvalue weighted by atomic mass is 32.2. The molecule has 11 nitrogen and oxygen atoms in total. The van der Waals surface area contributed by atoms with E-state index in [1.54, 1.807) is 18.5 Å². The van der Waals surface area contributed by atoms with Crippen LogP contribution < -0.4 is 14.9 Å². The van der Waals surface area contributed by atoms with Gasteiger partial charge in [0.05, 0.1) is 58.3 Å². The van der Waals surface area contributed by atoms with Crippen molar-refractivity contribution in [3.05, 3.63) is 83.9 Å². The third-order valence-electron chi connectivity index (χ3n) is 6.82. The lowest BCUT2D eigenvalue weighted by molar-refractivity contribution is 0.122. The van der Waals surface area contributed by atoms with Crippen LogP contribution in [0.15, 0.2) is 72.1 Å². The van der Waals surface area contributed by atoms with E-state index in [0.717, 1.165) is 42.1 Å². The maximum Gasteiger partial charge on any atom is 0.267 e. The molecule has 5 heterocycles. The average molecular weight is 651 g/mol. The first kappa shape index (κ1) is 30.4. The maximum absolute atomic E-state index is 14.3. The first-order valence-electron chi connectivity index (χ1n) is 14.0. The molecule has 232 valence electrons. The van der Waals surface area contributed by atoms with E-state index in [-0.39, 0.29) is 11.6 Å². The molecule has 1 aromatic carbocycles. The van der Waals surface area contributed by atoms with Gasteiger partial charge in [-0.1, -0.05) is 19.9 Å². The molecule has 6 rings (SSSR count). The predicted molar refractivity (Wildman–Crippen MR) is 168 cm³/mol. The van der Waals surface area contributed by atoms with Crippen molar-refractivity contribution < 1.29 is 21.9 Å². The largest absolute Gasteiger partial charge is 0.378 e. The third kappa shape index (κ3) is 6.74. The Morgan fingerprint density at radius 2 is 1.73 bits per heavy atom. The predicted octanol–water partition coefficient (Wildman–Crippen LogP) is 5.84. The van der Waals surface area contributed by atoms with Gasteiger partial charge in [-0.05, 0) is 36.4 Å². The van der Waals surface area contributed by atoms with Crippen LogP contribution in [0.25, 0.3) is 21.8 Å². The smallest absolute Gasteiger partial charge is 0.267 e. The van der Waals surface area contributed by atoms with Crippen molar-refractivity contribution in [3.8, 4) is 21.8 Å². The van der Waals surface area contributed by atoms with Crippen LogP contribution in [0.1, 0.15) is 24.8 Å². The molecule has 0 aliphatic carbocycles. The van der Waals surface area contributed by atoms with E-state index in [1.165, 1.54) is 29.8 Å². The molecule has 1 saturated heterocycles. The summed E-state index contributed by atoms with van der Waals surface area (Å²) in [5.41, 5.74) is 2.32. The zero-order valence-electron chi connectivity index (χ0n) is 24.2. The van der Waals surface area contributed by atoms with E-state index < -0.39 is 26.6 Å². The molecule has 4 aromatic heterocycles. The number of aromatic nitrogens is 5. The number of halogens is 2. The molecule has 0 amide bonds. The normalized spacial score (nSPS) is 13.7. The van der Waals surface area contributed by atoms with E-state index >= 15 is 0 Å². The Kier molecular flexibility index (Phi) is 8.65. The van der Waals surface area contributed by atoms with Gasteiger partial charge in [0.2, 0.25) is 5.95 Å². The fraction of sp³-hybridized carbons (Fsp3) is 0.233. The van der Waals surface area contributed by atoms with Crippen molar-refractivity contribution in [1.82, 2.24) is 24.9 Å². The van der Waals surface area contributed by atoms with E-state index in [4.69, 9.17) is 14.7 Å². The summed E-state index contributed by atoms with van der Waals surface area (Å²) in [4.78, 5) is 24.5. The Hall–Kier alpha value is -4.60. The number of hydrogen-bond acceptors (Lipinski definition) is 11. The number of morpholine rings is 1. The highest BCUT2D eigenvalue weighted by Crippen LogP contribution is 2.39. The van der Waals surface area contributed by atoms with Gasteiger partial charge in [0.1, 0.15) is 17.5 Å². The number of ether oxygens (including phenoxy) is 1. The van der Waals surface area contributed by atoms with Crippen molar-refractivity contribution in [2.24, 2.45) is 0 Å². The van der Waals surface area contributed by atoms with Gasteiger partial charge in [0, 0.05) is 37.0 Å². The van der Waals surface area contributed by atoms with Crippen molar-refractivity contribution in [3.63, 3.8) is 0 Å². The standard InChI is InChI=1S/C30H28F2N8O3S2/c1-18(2)29-38-26(19-14-21(16-33-15-19)39-45(41,42)28-22(31)4-3-5-23(28)32)27(44-29)24-8-9-34-30(37-24)36-20-6-7-25(35-17-20)40-10-12-43-13-11-40/h3-9,14-18,39H,10-13H2,1-2H3,(H,34,36,37). The lowest BCUT2D eigenvalue weighted by Crippen LogP contribution is -2.36. The Morgan fingerprint density at radius 1 is 0.956 bits per heavy atom. The van der Waals surface area contributed by atoms with Crippen LogP contribution in [-0.2, 0) is 14.8 Å². The molecule has 45 heavy (non-hydrogen) atoms. The minimum absolute atomic E-state index is 0.0123. The third-order valence-corrected chi connectivity index (χ3v) is 9.63. The lowest BCUT2D eigenvalue weighted by Gasteiger charge is -2.27. The summed E-state index contributed by atoms with van der Waals surface area (Å²) < 4.78 is 62.0. The number of rotatable bonds is 9. The van der Waals surface area contributed by atoms with E-state index in [2.05, 4.69) is 29.9 Å². The van der Waals surface area contributed by atoms with Gasteiger partial charge in [-0.25, -0.2) is 37.1 Å². The fourth-order valence-corrected chi connectivity index (χ4v) is 6.87. The molecule has 0 radical (unpaired) electrons. The molecular formula is C30H28F2N8O3S2. The molecule has 5 aromatic rings. The van der Waals surface area contributed by atoms with Crippen molar-refractivity contribution in [2.75, 3.05) is 41.2 Å². The first-order chi connectivity index (χ1) is 21.7. The Balaban J connectivity index is 1.29. The van der Waals surface area contributed by atoms with Gasteiger partial charge < -0.3 is 15.0 Å². The van der Waals surface area contributed by atoms with Crippen LogP contribution in [0.5, 0.6) is 0 Å². The van der Waals surface area contributed by atoms with Gasteiger partial charge in [-0.3, -0.25) is 9.71 Å². The van der Waals surface area contributed by atoms with E-state index in [1.807, 2.05) is 26.0 Å². The highest BCUT2D eigenvalue weighted by Gasteiger charge is 2.25. The quantitative estimate of drug-likeness (QED) is 0.200. The molecular weight excluding hydrogens is 623 g/mol. The van der Waals surface area contributed by atoms with Crippen molar-refractivity contribution in [1.29, 1.82) is 0 Å². The number of pyridine rings is 2. The van der Waals surface area contributed by atoms with Gasteiger partial charge in [0.15, 0.2) is 4.90 Å². The van der Waals surface area contributed by atoms with Crippen LogP contribution in [0.4, 0.5) is 31.9 Å². The summed E-state index contributed by atoms with van der Waals surface area (Å²) >= 11 is 1.45. The molecule has 0 spiro atoms. The second-order valence-corrected chi connectivity index (χ2v) is 13.0. The van der Waals surface area contributed by atoms with Crippen LogP contribution in [0.2, 0.25) is 0 Å². The average Bonchev–Trinajstić information content (AvgIpc) is 3.48. The zero-order chi connectivity index (χ0) is 31.6. The summed E-state index contributed by atoms with van der Waals surface area (Å²) in [7, 11) is -4.59. The Bertz CT molecular complexity index is 1910. The maximum atomic E-state index is 14.3. The summed E-state index contributed by atoms with van der Waals surface area (Å²) in [6, 6.07) is 9.96. The van der Waals surface area contributed by atoms with Gasteiger partial charge in [0.25, 0.3) is 10.0 Å². The minimum Gasteiger partial charge on any atom is -0.378 e. The molecule has 0 bridgehead atoms. The Morgan fingerprint density at radius 3 is 2.44 bits per heavy atom. The second-order valence-electron chi connectivity index (χ2n) is 10.4. The molecule has 1 aliphatic heterocycles. The van der Waals surface area contributed by atoms with Gasteiger partial charge >= 0.3 is 0 Å². The summed E-state index contributed by atoms with van der Waals surface area (Å²) in [5, 5.41) is 4.03. The van der Waals surface area contributed by atoms with Crippen molar-refractivity contribution >= 4 is 44.5 Å². The summed E-state index contributed by atoms with van der Waals surface area (Å²) in [6.07, 6.45) is 6.14. The molecule has 0 saturated carbocycles.